The van der Waals surface area contributed by atoms with E-state index in [2.05, 4.69) is 12.2 Å². The molecule has 2 aliphatic rings. The van der Waals surface area contributed by atoms with Gasteiger partial charge in [-0.15, -0.1) is 0 Å². The molecule has 5 atom stereocenters. The molecule has 0 heterocycles. The zero-order valence-electron chi connectivity index (χ0n) is 11.8. The molecule has 1 aromatic carbocycles. The van der Waals surface area contributed by atoms with Gasteiger partial charge in [0.25, 0.3) is 0 Å². The molecule has 2 nitrogen and oxygen atoms in total. The van der Waals surface area contributed by atoms with Crippen molar-refractivity contribution in [2.75, 3.05) is 6.54 Å². The lowest BCUT2D eigenvalue weighted by Crippen LogP contribution is -2.38. The van der Waals surface area contributed by atoms with Crippen LogP contribution in [0.15, 0.2) is 30.3 Å². The monoisotopic (exact) mass is 259 g/mol. The molecule has 0 radical (unpaired) electrons. The second-order valence-electron chi connectivity index (χ2n) is 6.46. The van der Waals surface area contributed by atoms with E-state index < -0.39 is 0 Å². The molecule has 2 aliphatic carbocycles. The first kappa shape index (κ1) is 13.1. The molecular weight excluding hydrogens is 234 g/mol. The zero-order valence-corrected chi connectivity index (χ0v) is 11.8. The number of aliphatic hydroxyl groups is 1. The molecule has 2 saturated carbocycles. The van der Waals surface area contributed by atoms with Gasteiger partial charge in [0.1, 0.15) is 0 Å². The minimum absolute atomic E-state index is 0.387. The van der Waals surface area contributed by atoms with Gasteiger partial charge in [-0.05, 0) is 49.5 Å². The number of rotatable bonds is 5. The first-order chi connectivity index (χ1) is 9.24. The van der Waals surface area contributed by atoms with E-state index >= 15 is 0 Å². The van der Waals surface area contributed by atoms with Crippen molar-refractivity contribution >= 4 is 0 Å². The van der Waals surface area contributed by atoms with Crippen molar-refractivity contribution in [2.45, 2.75) is 44.8 Å². The van der Waals surface area contributed by atoms with Gasteiger partial charge < -0.3 is 10.4 Å². The first-order valence-corrected chi connectivity index (χ1v) is 7.70. The van der Waals surface area contributed by atoms with E-state index in [4.69, 9.17) is 0 Å². The van der Waals surface area contributed by atoms with Crippen molar-refractivity contribution in [2.24, 2.45) is 17.8 Å². The molecule has 0 aromatic heterocycles. The van der Waals surface area contributed by atoms with Crippen LogP contribution in [0.3, 0.4) is 0 Å². The van der Waals surface area contributed by atoms with Crippen LogP contribution in [-0.4, -0.2) is 17.7 Å². The molecule has 2 fully saturated rings. The molecule has 0 amide bonds. The molecule has 0 unspecified atom stereocenters. The molecule has 2 N–H and O–H groups in total. The summed E-state index contributed by atoms with van der Waals surface area (Å²) < 4.78 is 0. The quantitative estimate of drug-likeness (QED) is 0.851. The van der Waals surface area contributed by atoms with Crippen molar-refractivity contribution < 1.29 is 5.11 Å². The average molecular weight is 259 g/mol. The molecule has 104 valence electrons. The maximum absolute atomic E-state index is 10.2. The maximum Gasteiger partial charge on any atom is 0.0914 e. The van der Waals surface area contributed by atoms with E-state index in [0.717, 1.165) is 23.3 Å². The normalized spacial score (nSPS) is 32.4. The van der Waals surface area contributed by atoms with Crippen LogP contribution in [-0.2, 0) is 0 Å². The smallest absolute Gasteiger partial charge is 0.0914 e. The Bertz CT molecular complexity index is 405. The number of nitrogens with one attached hydrogen (secondary N) is 1. The van der Waals surface area contributed by atoms with Gasteiger partial charge in [-0.25, -0.2) is 0 Å². The van der Waals surface area contributed by atoms with Crippen LogP contribution in [0.2, 0.25) is 0 Å². The largest absolute Gasteiger partial charge is 0.387 e. The Labute approximate surface area is 116 Å². The van der Waals surface area contributed by atoms with Crippen LogP contribution in [0.1, 0.15) is 44.3 Å². The van der Waals surface area contributed by atoms with E-state index in [-0.39, 0.29) is 6.10 Å². The SMILES string of the molecule is C[C@H](NC[C@H](O)c1ccccc1)[C@H]1C[C@H]2CC[C@H]1C2. The minimum atomic E-state index is -0.387. The van der Waals surface area contributed by atoms with Gasteiger partial charge in [0, 0.05) is 12.6 Å². The lowest BCUT2D eigenvalue weighted by atomic mass is 9.84. The topological polar surface area (TPSA) is 32.3 Å². The third-order valence-electron chi connectivity index (χ3n) is 5.25. The van der Waals surface area contributed by atoms with Crippen LogP contribution in [0.25, 0.3) is 0 Å². The summed E-state index contributed by atoms with van der Waals surface area (Å²) in [7, 11) is 0. The Morgan fingerprint density at radius 1 is 1.21 bits per heavy atom. The van der Waals surface area contributed by atoms with Gasteiger partial charge in [-0.1, -0.05) is 36.8 Å². The highest BCUT2D eigenvalue weighted by atomic mass is 16.3. The van der Waals surface area contributed by atoms with E-state index in [1.54, 1.807) is 0 Å². The highest BCUT2D eigenvalue weighted by Gasteiger charge is 2.41. The number of benzene rings is 1. The Morgan fingerprint density at radius 2 is 2.00 bits per heavy atom. The van der Waals surface area contributed by atoms with E-state index in [0.29, 0.717) is 12.6 Å². The Kier molecular flexibility index (Phi) is 3.90. The van der Waals surface area contributed by atoms with Gasteiger partial charge in [-0.3, -0.25) is 0 Å². The molecule has 1 aromatic rings. The minimum Gasteiger partial charge on any atom is -0.387 e. The van der Waals surface area contributed by atoms with E-state index in [1.807, 2.05) is 30.3 Å². The van der Waals surface area contributed by atoms with Gasteiger partial charge >= 0.3 is 0 Å². The lowest BCUT2D eigenvalue weighted by Gasteiger charge is -2.29. The summed E-state index contributed by atoms with van der Waals surface area (Å²) in [6.07, 6.45) is 5.36. The predicted octanol–water partition coefficient (Wildman–Crippen LogP) is 3.13. The molecule has 0 spiro atoms. The fraction of sp³-hybridized carbons (Fsp3) is 0.647. The van der Waals surface area contributed by atoms with Crippen molar-refractivity contribution in [3.05, 3.63) is 35.9 Å². The highest BCUT2D eigenvalue weighted by Crippen LogP contribution is 2.49. The predicted molar refractivity (Wildman–Crippen MR) is 77.8 cm³/mol. The summed E-state index contributed by atoms with van der Waals surface area (Å²) in [6.45, 7) is 2.96. The fourth-order valence-corrected chi connectivity index (χ4v) is 4.15. The van der Waals surface area contributed by atoms with Gasteiger partial charge in [-0.2, -0.15) is 0 Å². The molecule has 19 heavy (non-hydrogen) atoms. The number of aliphatic hydroxyl groups excluding tert-OH is 1. The third-order valence-corrected chi connectivity index (χ3v) is 5.25. The molecule has 0 saturated heterocycles. The lowest BCUT2D eigenvalue weighted by molar-refractivity contribution is 0.158. The highest BCUT2D eigenvalue weighted by molar-refractivity contribution is 5.17. The second-order valence-corrected chi connectivity index (χ2v) is 6.46. The van der Waals surface area contributed by atoms with Crippen LogP contribution in [0, 0.1) is 17.8 Å². The first-order valence-electron chi connectivity index (χ1n) is 7.70. The van der Waals surface area contributed by atoms with Crippen LogP contribution >= 0.6 is 0 Å². The molecule has 2 bridgehead atoms. The van der Waals surface area contributed by atoms with Crippen LogP contribution < -0.4 is 5.32 Å². The van der Waals surface area contributed by atoms with Crippen molar-refractivity contribution in [3.63, 3.8) is 0 Å². The summed E-state index contributed by atoms with van der Waals surface area (Å²) >= 11 is 0. The summed E-state index contributed by atoms with van der Waals surface area (Å²) in [4.78, 5) is 0. The standard InChI is InChI=1S/C17H25NO/c1-12(16-10-13-7-8-15(16)9-13)18-11-17(19)14-5-3-2-4-6-14/h2-6,12-13,15-19H,7-11H2,1H3/t12-,13-,15-,16+,17-/m0/s1. The fourth-order valence-electron chi connectivity index (χ4n) is 4.15. The van der Waals surface area contributed by atoms with Gasteiger partial charge in [0.15, 0.2) is 0 Å². The average Bonchev–Trinajstić information content (AvgIpc) is 3.08. The Balaban J connectivity index is 1.49. The second kappa shape index (κ2) is 5.64. The van der Waals surface area contributed by atoms with Gasteiger partial charge in [0.2, 0.25) is 0 Å². The van der Waals surface area contributed by atoms with Crippen molar-refractivity contribution in [1.29, 1.82) is 0 Å². The molecule has 3 rings (SSSR count). The summed E-state index contributed by atoms with van der Waals surface area (Å²) in [6, 6.07) is 10.5. The molecular formula is C17H25NO. The summed E-state index contributed by atoms with van der Waals surface area (Å²) in [5.74, 6) is 2.78. The summed E-state index contributed by atoms with van der Waals surface area (Å²) in [5, 5.41) is 13.7. The van der Waals surface area contributed by atoms with Crippen LogP contribution in [0.4, 0.5) is 0 Å². The van der Waals surface area contributed by atoms with E-state index in [9.17, 15) is 5.11 Å². The summed E-state index contributed by atoms with van der Waals surface area (Å²) in [5.41, 5.74) is 1.01. The van der Waals surface area contributed by atoms with Crippen molar-refractivity contribution in [1.82, 2.24) is 5.32 Å². The third kappa shape index (κ3) is 2.85. The number of hydrogen-bond acceptors (Lipinski definition) is 2. The Hall–Kier alpha value is -0.860. The zero-order chi connectivity index (χ0) is 13.2. The van der Waals surface area contributed by atoms with Crippen molar-refractivity contribution in [3.8, 4) is 0 Å². The van der Waals surface area contributed by atoms with Gasteiger partial charge in [0.05, 0.1) is 6.10 Å². The van der Waals surface area contributed by atoms with E-state index in [1.165, 1.54) is 25.7 Å². The number of hydrogen-bond donors (Lipinski definition) is 2. The molecule has 2 heteroatoms. The van der Waals surface area contributed by atoms with Crippen LogP contribution in [0.5, 0.6) is 0 Å². The number of fused-ring (bicyclic) bond motifs is 2. The molecule has 0 aliphatic heterocycles. The Morgan fingerprint density at radius 3 is 2.63 bits per heavy atom. The maximum atomic E-state index is 10.2.